The van der Waals surface area contributed by atoms with Crippen molar-refractivity contribution in [2.24, 2.45) is 0 Å². The van der Waals surface area contributed by atoms with Crippen LogP contribution in [0, 0.1) is 18.3 Å². The van der Waals surface area contributed by atoms with E-state index in [9.17, 15) is 15.2 Å². The summed E-state index contributed by atoms with van der Waals surface area (Å²) in [6, 6.07) is 16.9. The van der Waals surface area contributed by atoms with E-state index in [4.69, 9.17) is 4.74 Å². The molecule has 3 N–H and O–H groups in total. The highest BCUT2D eigenvalue weighted by Crippen LogP contribution is 2.38. The maximum absolute atomic E-state index is 12.7. The molecule has 1 aromatic heterocycles. The van der Waals surface area contributed by atoms with Crippen molar-refractivity contribution in [2.75, 3.05) is 13.1 Å². The van der Waals surface area contributed by atoms with Gasteiger partial charge in [-0.05, 0) is 61.6 Å². The molecule has 1 unspecified atom stereocenters. The molecule has 31 heavy (non-hydrogen) atoms. The second-order valence-electron chi connectivity index (χ2n) is 7.93. The molecule has 0 spiro atoms. The van der Waals surface area contributed by atoms with E-state index in [1.54, 1.807) is 18.2 Å². The predicted molar refractivity (Wildman–Crippen MR) is 119 cm³/mol. The Labute approximate surface area is 181 Å². The van der Waals surface area contributed by atoms with E-state index in [0.29, 0.717) is 29.2 Å². The molecular weight excluding hydrogens is 390 g/mol. The summed E-state index contributed by atoms with van der Waals surface area (Å²) in [6.07, 6.45) is 1.89. The molecule has 2 aromatic carbocycles. The highest BCUT2D eigenvalue weighted by molar-refractivity contribution is 5.74. The van der Waals surface area contributed by atoms with E-state index in [1.165, 1.54) is 0 Å². The number of aromatic nitrogens is 1. The average Bonchev–Trinajstić information content (AvgIpc) is 2.78. The Balaban J connectivity index is 1.74. The Bertz CT molecular complexity index is 1190. The van der Waals surface area contributed by atoms with Crippen molar-refractivity contribution >= 4 is 0 Å². The van der Waals surface area contributed by atoms with Crippen molar-refractivity contribution in [1.29, 1.82) is 5.26 Å². The lowest BCUT2D eigenvalue weighted by Gasteiger charge is -2.24. The normalized spacial score (nSPS) is 15.9. The first kappa shape index (κ1) is 20.7. The number of aryl methyl sites for hydroxylation is 1. The fraction of sp³-hybridized carbons (Fsp3) is 0.280. The highest BCUT2D eigenvalue weighted by atomic mass is 16.5. The van der Waals surface area contributed by atoms with Gasteiger partial charge in [0.1, 0.15) is 29.7 Å². The SMILES string of the molecule is Cc1cccc(COc2cccc(O)c2-c2cc(C3CCCNC3)c(C#N)c(=O)[nH]2)c1. The fourth-order valence-corrected chi connectivity index (χ4v) is 4.14. The molecule has 6 heteroatoms. The number of hydrogen-bond acceptors (Lipinski definition) is 5. The topological polar surface area (TPSA) is 98.1 Å². The molecule has 1 aliphatic heterocycles. The molecule has 0 aliphatic carbocycles. The number of rotatable bonds is 5. The molecule has 2 heterocycles. The van der Waals surface area contributed by atoms with Gasteiger partial charge in [0.25, 0.3) is 5.56 Å². The Kier molecular flexibility index (Phi) is 6.06. The summed E-state index contributed by atoms with van der Waals surface area (Å²) in [7, 11) is 0. The predicted octanol–water partition coefficient (Wildman–Crippen LogP) is 3.97. The van der Waals surface area contributed by atoms with Crippen LogP contribution in [0.25, 0.3) is 11.3 Å². The molecule has 0 amide bonds. The van der Waals surface area contributed by atoms with Crippen LogP contribution in [0.5, 0.6) is 11.5 Å². The van der Waals surface area contributed by atoms with E-state index in [-0.39, 0.29) is 17.2 Å². The zero-order valence-corrected chi connectivity index (χ0v) is 17.4. The number of phenols is 1. The molecular formula is C25H25N3O3. The van der Waals surface area contributed by atoms with Gasteiger partial charge >= 0.3 is 0 Å². The van der Waals surface area contributed by atoms with Gasteiger partial charge < -0.3 is 20.1 Å². The van der Waals surface area contributed by atoms with E-state index >= 15 is 0 Å². The molecule has 0 radical (unpaired) electrons. The fourth-order valence-electron chi connectivity index (χ4n) is 4.14. The largest absolute Gasteiger partial charge is 0.507 e. The van der Waals surface area contributed by atoms with Crippen LogP contribution in [-0.2, 0) is 6.61 Å². The monoisotopic (exact) mass is 415 g/mol. The lowest BCUT2D eigenvalue weighted by molar-refractivity contribution is 0.306. The quantitative estimate of drug-likeness (QED) is 0.586. The minimum Gasteiger partial charge on any atom is -0.507 e. The number of ether oxygens (including phenoxy) is 1. The number of nitrogens with zero attached hydrogens (tertiary/aromatic N) is 1. The van der Waals surface area contributed by atoms with E-state index in [2.05, 4.69) is 16.4 Å². The van der Waals surface area contributed by atoms with Crippen molar-refractivity contribution in [3.63, 3.8) is 0 Å². The summed E-state index contributed by atoms with van der Waals surface area (Å²) in [5.41, 5.74) is 3.41. The second-order valence-corrected chi connectivity index (χ2v) is 7.93. The number of piperidine rings is 1. The third-order valence-corrected chi connectivity index (χ3v) is 5.66. The lowest BCUT2D eigenvalue weighted by atomic mass is 9.88. The molecule has 1 atom stereocenters. The van der Waals surface area contributed by atoms with Crippen LogP contribution < -0.4 is 15.6 Å². The number of aromatic amines is 1. The van der Waals surface area contributed by atoms with E-state index in [1.807, 2.05) is 37.3 Å². The van der Waals surface area contributed by atoms with Crippen molar-refractivity contribution in [3.8, 4) is 28.8 Å². The number of nitriles is 1. The van der Waals surface area contributed by atoms with E-state index in [0.717, 1.165) is 37.1 Å². The molecule has 4 rings (SSSR count). The van der Waals surface area contributed by atoms with Crippen LogP contribution in [0.15, 0.2) is 53.3 Å². The van der Waals surface area contributed by atoms with Crippen LogP contribution in [0.3, 0.4) is 0 Å². The third kappa shape index (κ3) is 4.47. The number of H-pyrrole nitrogens is 1. The van der Waals surface area contributed by atoms with Crippen LogP contribution in [0.4, 0.5) is 0 Å². The highest BCUT2D eigenvalue weighted by Gasteiger charge is 2.23. The zero-order chi connectivity index (χ0) is 21.8. The maximum atomic E-state index is 12.7. The minimum absolute atomic E-state index is 0.00909. The van der Waals surface area contributed by atoms with Gasteiger partial charge in [0.2, 0.25) is 0 Å². The van der Waals surface area contributed by atoms with Gasteiger partial charge in [-0.25, -0.2) is 0 Å². The van der Waals surface area contributed by atoms with Gasteiger partial charge in [0, 0.05) is 6.54 Å². The Hall–Kier alpha value is -3.56. The molecule has 0 bridgehead atoms. The maximum Gasteiger partial charge on any atom is 0.266 e. The molecule has 1 saturated heterocycles. The van der Waals surface area contributed by atoms with Crippen molar-refractivity contribution in [2.45, 2.75) is 32.3 Å². The Morgan fingerprint density at radius 1 is 1.23 bits per heavy atom. The number of nitrogens with one attached hydrogen (secondary N) is 2. The van der Waals surface area contributed by atoms with Crippen LogP contribution in [-0.4, -0.2) is 23.2 Å². The van der Waals surface area contributed by atoms with Gasteiger partial charge in [-0.1, -0.05) is 35.9 Å². The number of pyridine rings is 1. The molecule has 158 valence electrons. The summed E-state index contributed by atoms with van der Waals surface area (Å²) in [6.45, 7) is 4.00. The van der Waals surface area contributed by atoms with Gasteiger partial charge in [0.15, 0.2) is 0 Å². The zero-order valence-electron chi connectivity index (χ0n) is 17.4. The number of benzene rings is 2. The summed E-state index contributed by atoms with van der Waals surface area (Å²) >= 11 is 0. The molecule has 1 fully saturated rings. The third-order valence-electron chi connectivity index (χ3n) is 5.66. The number of phenolic OH excluding ortho intramolecular Hbond substituents is 1. The standard InChI is InChI=1S/C25H25N3O3/c1-16-5-2-6-17(11-16)15-31-23-9-3-8-22(29)24(23)21-12-19(18-7-4-10-27-14-18)20(13-26)25(30)28-21/h2-3,5-6,8-9,11-12,18,27,29H,4,7,10,14-15H2,1H3,(H,28,30). The minimum atomic E-state index is -0.450. The summed E-state index contributed by atoms with van der Waals surface area (Å²) in [5, 5.41) is 23.5. The van der Waals surface area contributed by atoms with Gasteiger partial charge in [-0.15, -0.1) is 0 Å². The van der Waals surface area contributed by atoms with Crippen LogP contribution in [0.2, 0.25) is 0 Å². The number of hydrogen-bond donors (Lipinski definition) is 3. The summed E-state index contributed by atoms with van der Waals surface area (Å²) in [4.78, 5) is 15.5. The molecule has 1 aliphatic rings. The van der Waals surface area contributed by atoms with E-state index < -0.39 is 5.56 Å². The first-order valence-electron chi connectivity index (χ1n) is 10.5. The van der Waals surface area contributed by atoms with Crippen LogP contribution in [0.1, 0.15) is 41.0 Å². The summed E-state index contributed by atoms with van der Waals surface area (Å²) in [5.74, 6) is 0.552. The van der Waals surface area contributed by atoms with Gasteiger partial charge in [-0.2, -0.15) is 5.26 Å². The second kappa shape index (κ2) is 9.07. The number of aromatic hydroxyl groups is 1. The van der Waals surface area contributed by atoms with Crippen molar-refractivity contribution < 1.29 is 9.84 Å². The van der Waals surface area contributed by atoms with Crippen molar-refractivity contribution in [1.82, 2.24) is 10.3 Å². The first-order chi connectivity index (χ1) is 15.1. The smallest absolute Gasteiger partial charge is 0.266 e. The lowest BCUT2D eigenvalue weighted by Crippen LogP contribution is -2.30. The van der Waals surface area contributed by atoms with Gasteiger partial charge in [-0.3, -0.25) is 4.79 Å². The Morgan fingerprint density at radius 3 is 2.81 bits per heavy atom. The van der Waals surface area contributed by atoms with Crippen molar-refractivity contribution in [3.05, 3.63) is 81.1 Å². The molecule has 3 aromatic rings. The average molecular weight is 415 g/mol. The molecule has 6 nitrogen and oxygen atoms in total. The molecule has 0 saturated carbocycles. The van der Waals surface area contributed by atoms with Crippen LogP contribution >= 0.6 is 0 Å². The Morgan fingerprint density at radius 2 is 2.06 bits per heavy atom. The van der Waals surface area contributed by atoms with Gasteiger partial charge in [0.05, 0.1) is 11.3 Å². The first-order valence-corrected chi connectivity index (χ1v) is 10.5. The summed E-state index contributed by atoms with van der Waals surface area (Å²) < 4.78 is 6.04.